The van der Waals surface area contributed by atoms with Gasteiger partial charge >= 0.3 is 0 Å². The van der Waals surface area contributed by atoms with E-state index in [0.29, 0.717) is 0 Å². The van der Waals surface area contributed by atoms with Crippen molar-refractivity contribution in [1.82, 2.24) is 0 Å². The number of halogens is 1. The summed E-state index contributed by atoms with van der Waals surface area (Å²) in [4.78, 5) is 0. The van der Waals surface area contributed by atoms with Gasteiger partial charge in [-0.3, -0.25) is 0 Å². The number of hydrogen-bond donors (Lipinski definition) is 0. The zero-order valence-corrected chi connectivity index (χ0v) is 9.94. The van der Waals surface area contributed by atoms with Gasteiger partial charge in [0.25, 0.3) is 0 Å². The van der Waals surface area contributed by atoms with Crippen molar-refractivity contribution in [2.75, 3.05) is 0 Å². The van der Waals surface area contributed by atoms with Gasteiger partial charge in [-0.2, -0.15) is 0 Å². The molecule has 1 aliphatic heterocycles. The van der Waals surface area contributed by atoms with Crippen LogP contribution in [-0.2, 0) is 11.0 Å². The molecule has 0 atom stereocenters. The zero-order valence-electron chi connectivity index (χ0n) is 9.94. The van der Waals surface area contributed by atoms with Gasteiger partial charge in [0.15, 0.2) is 0 Å². The third kappa shape index (κ3) is 1.52. The lowest BCUT2D eigenvalue weighted by atomic mass is 9.80. The van der Waals surface area contributed by atoms with Crippen molar-refractivity contribution >= 4 is 0 Å². The first-order valence-electron chi connectivity index (χ1n) is 5.25. The minimum Gasteiger partial charge on any atom is -0.482 e. The first kappa shape index (κ1) is 10.5. The highest BCUT2D eigenvalue weighted by Gasteiger charge is 2.40. The first-order chi connectivity index (χ1) is 6.72. The van der Waals surface area contributed by atoms with Gasteiger partial charge in [0, 0.05) is 11.1 Å². The summed E-state index contributed by atoms with van der Waals surface area (Å²) < 4.78 is 19.2. The molecular formula is C13H17FO. The van der Waals surface area contributed by atoms with Crippen LogP contribution in [0.1, 0.15) is 45.7 Å². The molecule has 0 fully saturated rings. The molecule has 1 aromatic carbocycles. The monoisotopic (exact) mass is 208 g/mol. The van der Waals surface area contributed by atoms with Crippen molar-refractivity contribution < 1.29 is 9.13 Å². The Morgan fingerprint density at radius 2 is 1.80 bits per heavy atom. The number of ether oxygens (including phenoxy) is 1. The Kier molecular flexibility index (Phi) is 1.92. The lowest BCUT2D eigenvalue weighted by Gasteiger charge is -2.42. The molecule has 1 aliphatic rings. The minimum atomic E-state index is -0.336. The van der Waals surface area contributed by atoms with Crippen LogP contribution in [0.15, 0.2) is 12.1 Å². The van der Waals surface area contributed by atoms with Crippen molar-refractivity contribution in [3.63, 3.8) is 0 Å². The highest BCUT2D eigenvalue weighted by molar-refractivity contribution is 5.53. The molecule has 0 amide bonds. The molecule has 1 aromatic rings. The molecule has 2 heteroatoms. The molecule has 2 rings (SSSR count). The highest BCUT2D eigenvalue weighted by atomic mass is 19.1. The summed E-state index contributed by atoms with van der Waals surface area (Å²) in [6.07, 6.45) is 0. The maximum atomic E-state index is 13.5. The van der Waals surface area contributed by atoms with E-state index in [-0.39, 0.29) is 16.8 Å². The Morgan fingerprint density at radius 3 is 2.27 bits per heavy atom. The molecule has 0 bridgehead atoms. The molecule has 0 unspecified atom stereocenters. The largest absolute Gasteiger partial charge is 0.482 e. The Balaban J connectivity index is 2.61. The molecule has 0 saturated heterocycles. The molecule has 1 nitrogen and oxygen atoms in total. The third-order valence-electron chi connectivity index (χ3n) is 2.87. The molecule has 0 saturated carbocycles. The second kappa shape index (κ2) is 2.75. The zero-order chi connectivity index (χ0) is 11.4. The second-order valence-electron chi connectivity index (χ2n) is 5.69. The van der Waals surface area contributed by atoms with Gasteiger partial charge < -0.3 is 4.74 Å². The van der Waals surface area contributed by atoms with E-state index in [1.165, 1.54) is 0 Å². The fourth-order valence-corrected chi connectivity index (χ4v) is 1.97. The van der Waals surface area contributed by atoms with Crippen molar-refractivity contribution in [3.05, 3.63) is 29.1 Å². The number of fused-ring (bicyclic) bond motifs is 1. The number of benzene rings is 1. The van der Waals surface area contributed by atoms with Crippen LogP contribution in [0.5, 0.6) is 5.75 Å². The summed E-state index contributed by atoms with van der Waals surface area (Å²) >= 11 is 0. The fourth-order valence-electron chi connectivity index (χ4n) is 1.97. The molecule has 0 spiro atoms. The van der Waals surface area contributed by atoms with Gasteiger partial charge in [-0.05, 0) is 31.4 Å². The van der Waals surface area contributed by atoms with E-state index in [2.05, 4.69) is 20.8 Å². The van der Waals surface area contributed by atoms with Gasteiger partial charge in [0.2, 0.25) is 0 Å². The molecule has 82 valence electrons. The van der Waals surface area contributed by atoms with Gasteiger partial charge in [-0.15, -0.1) is 0 Å². The van der Waals surface area contributed by atoms with Crippen LogP contribution in [0.4, 0.5) is 4.39 Å². The van der Waals surface area contributed by atoms with E-state index in [1.807, 2.05) is 13.8 Å². The maximum absolute atomic E-state index is 13.5. The minimum absolute atomic E-state index is 0.0807. The summed E-state index contributed by atoms with van der Waals surface area (Å²) in [5.41, 5.74) is 1.52. The Morgan fingerprint density at radius 1 is 1.20 bits per heavy atom. The predicted octanol–water partition coefficient (Wildman–Crippen LogP) is 3.75. The Labute approximate surface area is 90.3 Å². The quantitative estimate of drug-likeness (QED) is 0.631. The van der Waals surface area contributed by atoms with Gasteiger partial charge in [0.05, 0.1) is 0 Å². The third-order valence-corrected chi connectivity index (χ3v) is 2.87. The van der Waals surface area contributed by atoms with E-state index in [4.69, 9.17) is 4.74 Å². The maximum Gasteiger partial charge on any atom is 0.132 e. The second-order valence-corrected chi connectivity index (χ2v) is 5.69. The normalized spacial score (nSPS) is 17.7. The average Bonchev–Trinajstić information content (AvgIpc) is 2.05. The van der Waals surface area contributed by atoms with E-state index >= 15 is 0 Å². The predicted molar refractivity (Wildman–Crippen MR) is 58.8 cm³/mol. The van der Waals surface area contributed by atoms with E-state index in [9.17, 15) is 4.39 Å². The van der Waals surface area contributed by atoms with Crippen LogP contribution in [0.25, 0.3) is 0 Å². The van der Waals surface area contributed by atoms with Crippen LogP contribution in [0.2, 0.25) is 0 Å². The summed E-state index contributed by atoms with van der Waals surface area (Å²) in [5, 5.41) is 0. The van der Waals surface area contributed by atoms with Crippen molar-refractivity contribution in [2.45, 2.75) is 45.6 Å². The number of hydrogen-bond acceptors (Lipinski definition) is 1. The van der Waals surface area contributed by atoms with Crippen molar-refractivity contribution in [3.8, 4) is 5.75 Å². The van der Waals surface area contributed by atoms with Crippen LogP contribution in [0, 0.1) is 5.82 Å². The Bertz CT molecular complexity index is 413. The Hall–Kier alpha value is -1.05. The van der Waals surface area contributed by atoms with E-state index < -0.39 is 0 Å². The van der Waals surface area contributed by atoms with Crippen molar-refractivity contribution in [2.24, 2.45) is 0 Å². The lowest BCUT2D eigenvalue weighted by Crippen LogP contribution is -2.37. The van der Waals surface area contributed by atoms with Gasteiger partial charge in [-0.1, -0.05) is 20.8 Å². The smallest absolute Gasteiger partial charge is 0.132 e. The van der Waals surface area contributed by atoms with Crippen molar-refractivity contribution in [1.29, 1.82) is 0 Å². The summed E-state index contributed by atoms with van der Waals surface area (Å²) in [7, 11) is 0. The summed E-state index contributed by atoms with van der Waals surface area (Å²) in [6, 6.07) is 3.15. The molecule has 0 aromatic heterocycles. The van der Waals surface area contributed by atoms with Gasteiger partial charge in [0.1, 0.15) is 17.2 Å². The van der Waals surface area contributed by atoms with E-state index in [1.54, 1.807) is 12.1 Å². The SMILES string of the molecule is CC(C)(C)c1cc(F)cc2c1OC2(C)C. The molecule has 1 heterocycles. The average molecular weight is 208 g/mol. The fraction of sp³-hybridized carbons (Fsp3) is 0.538. The highest BCUT2D eigenvalue weighted by Crippen LogP contribution is 2.49. The summed E-state index contributed by atoms with van der Waals surface area (Å²) in [6.45, 7) is 10.1. The van der Waals surface area contributed by atoms with Crippen LogP contribution >= 0.6 is 0 Å². The van der Waals surface area contributed by atoms with Crippen LogP contribution in [0.3, 0.4) is 0 Å². The molecular weight excluding hydrogens is 191 g/mol. The molecule has 15 heavy (non-hydrogen) atoms. The lowest BCUT2D eigenvalue weighted by molar-refractivity contribution is 0.0477. The van der Waals surface area contributed by atoms with Crippen LogP contribution in [-0.4, -0.2) is 0 Å². The van der Waals surface area contributed by atoms with Gasteiger partial charge in [-0.25, -0.2) is 4.39 Å². The number of rotatable bonds is 0. The molecule has 0 N–H and O–H groups in total. The topological polar surface area (TPSA) is 9.23 Å². The molecule has 0 aliphatic carbocycles. The standard InChI is InChI=1S/C13H17FO/c1-12(2,3)9-6-8(14)7-10-11(9)15-13(10,4)5/h6-7H,1-5H3. The van der Waals surface area contributed by atoms with Crippen LogP contribution < -0.4 is 4.74 Å². The van der Waals surface area contributed by atoms with E-state index in [0.717, 1.165) is 16.9 Å². The molecule has 0 radical (unpaired) electrons. The first-order valence-corrected chi connectivity index (χ1v) is 5.25. The summed E-state index contributed by atoms with van der Waals surface area (Å²) in [5.74, 6) is 0.698.